The number of aromatic nitrogens is 2. The number of halogens is 1. The van der Waals surface area contributed by atoms with Crippen LogP contribution in [0.15, 0.2) is 4.52 Å². The van der Waals surface area contributed by atoms with Crippen molar-refractivity contribution in [1.29, 1.82) is 0 Å². The molecule has 1 aliphatic carbocycles. The van der Waals surface area contributed by atoms with Crippen molar-refractivity contribution < 1.29 is 9.26 Å². The highest BCUT2D eigenvalue weighted by molar-refractivity contribution is 5.85. The third kappa shape index (κ3) is 4.66. The summed E-state index contributed by atoms with van der Waals surface area (Å²) in [5.74, 6) is 1.41. The van der Waals surface area contributed by atoms with Crippen molar-refractivity contribution in [2.24, 2.45) is 0 Å². The molecule has 3 rings (SSSR count). The Balaban J connectivity index is 0.00000192. The maximum atomic E-state index is 6.23. The molecule has 7 heteroatoms. The summed E-state index contributed by atoms with van der Waals surface area (Å²) < 4.78 is 11.7. The quantitative estimate of drug-likeness (QED) is 0.886. The van der Waals surface area contributed by atoms with Gasteiger partial charge in [0.1, 0.15) is 6.10 Å². The minimum absolute atomic E-state index is 0. The van der Waals surface area contributed by atoms with Crippen LogP contribution in [0.5, 0.6) is 0 Å². The minimum Gasteiger partial charge on any atom is -0.365 e. The van der Waals surface area contributed by atoms with Crippen LogP contribution in [0, 0.1) is 0 Å². The smallest absolute Gasteiger partial charge is 0.255 e. The van der Waals surface area contributed by atoms with Gasteiger partial charge in [-0.15, -0.1) is 12.4 Å². The van der Waals surface area contributed by atoms with E-state index in [0.717, 1.165) is 44.7 Å². The number of piperazine rings is 1. The largest absolute Gasteiger partial charge is 0.365 e. The van der Waals surface area contributed by atoms with Crippen molar-refractivity contribution in [2.75, 3.05) is 26.7 Å². The fraction of sp³-hybridized carbons (Fsp3) is 0.875. The molecule has 132 valence electrons. The highest BCUT2D eigenvalue weighted by Gasteiger charge is 2.28. The van der Waals surface area contributed by atoms with E-state index < -0.39 is 0 Å². The monoisotopic (exact) mass is 344 g/mol. The van der Waals surface area contributed by atoms with Crippen LogP contribution >= 0.6 is 12.4 Å². The van der Waals surface area contributed by atoms with E-state index in [1.807, 2.05) is 0 Å². The van der Waals surface area contributed by atoms with E-state index in [1.54, 1.807) is 0 Å². The summed E-state index contributed by atoms with van der Waals surface area (Å²) in [4.78, 5) is 6.91. The first kappa shape index (κ1) is 18.6. The second-order valence-corrected chi connectivity index (χ2v) is 6.48. The summed E-state index contributed by atoms with van der Waals surface area (Å²) in [5, 5.41) is 7.59. The van der Waals surface area contributed by atoms with Gasteiger partial charge in [0.25, 0.3) is 5.89 Å². The third-order valence-electron chi connectivity index (χ3n) is 4.82. The number of hydrogen-bond acceptors (Lipinski definition) is 6. The van der Waals surface area contributed by atoms with Crippen molar-refractivity contribution >= 4 is 12.4 Å². The normalized spacial score (nSPS) is 25.0. The Morgan fingerprint density at radius 1 is 1.35 bits per heavy atom. The van der Waals surface area contributed by atoms with Gasteiger partial charge in [-0.25, -0.2) is 0 Å². The molecule has 1 aliphatic heterocycles. The molecule has 1 saturated heterocycles. The van der Waals surface area contributed by atoms with E-state index in [4.69, 9.17) is 9.26 Å². The van der Waals surface area contributed by atoms with Gasteiger partial charge in [0.15, 0.2) is 5.82 Å². The second kappa shape index (κ2) is 8.97. The van der Waals surface area contributed by atoms with Gasteiger partial charge in [-0.2, -0.15) is 4.98 Å². The maximum Gasteiger partial charge on any atom is 0.255 e. The first-order valence-corrected chi connectivity index (χ1v) is 8.68. The summed E-state index contributed by atoms with van der Waals surface area (Å²) in [6, 6.07) is 0.193. The Hall–Kier alpha value is -0.690. The van der Waals surface area contributed by atoms with Crippen LogP contribution in [0.4, 0.5) is 0 Å². The summed E-state index contributed by atoms with van der Waals surface area (Å²) in [7, 11) is 2.11. The predicted octanol–water partition coefficient (Wildman–Crippen LogP) is 2.87. The van der Waals surface area contributed by atoms with Gasteiger partial charge in [-0.3, -0.25) is 4.90 Å². The minimum atomic E-state index is -0.0637. The van der Waals surface area contributed by atoms with Crippen LogP contribution in [0.2, 0.25) is 0 Å². The summed E-state index contributed by atoms with van der Waals surface area (Å²) >= 11 is 0. The third-order valence-corrected chi connectivity index (χ3v) is 4.82. The van der Waals surface area contributed by atoms with Gasteiger partial charge < -0.3 is 14.6 Å². The standard InChI is InChI=1S/C16H28N4O2.ClH/c1-3-14(21-12-7-5-4-6-8-12)16-18-15(19-22-16)13-11-17-9-10-20(13)2;/h12-14,17H,3-11H2,1-2H3;1H. The van der Waals surface area contributed by atoms with Crippen LogP contribution in [-0.2, 0) is 4.74 Å². The lowest BCUT2D eigenvalue weighted by molar-refractivity contribution is -0.0468. The van der Waals surface area contributed by atoms with Gasteiger partial charge in [0.2, 0.25) is 0 Å². The lowest BCUT2D eigenvalue weighted by Crippen LogP contribution is -2.44. The molecule has 2 atom stereocenters. The lowest BCUT2D eigenvalue weighted by Gasteiger charge is -2.30. The Kier molecular flexibility index (Phi) is 7.27. The number of likely N-dealkylation sites (N-methyl/N-ethyl adjacent to an activating group) is 1. The van der Waals surface area contributed by atoms with Gasteiger partial charge in [-0.05, 0) is 26.3 Å². The van der Waals surface area contributed by atoms with E-state index >= 15 is 0 Å². The predicted molar refractivity (Wildman–Crippen MR) is 90.8 cm³/mol. The molecule has 0 radical (unpaired) electrons. The summed E-state index contributed by atoms with van der Waals surface area (Å²) in [6.07, 6.45) is 7.36. The topological polar surface area (TPSA) is 63.4 Å². The highest BCUT2D eigenvalue weighted by Crippen LogP contribution is 2.29. The molecule has 1 saturated carbocycles. The van der Waals surface area contributed by atoms with Gasteiger partial charge in [0.05, 0.1) is 12.1 Å². The van der Waals surface area contributed by atoms with Crippen molar-refractivity contribution in [3.05, 3.63) is 11.7 Å². The molecule has 2 unspecified atom stereocenters. The van der Waals surface area contributed by atoms with Crippen LogP contribution < -0.4 is 5.32 Å². The van der Waals surface area contributed by atoms with Crippen LogP contribution in [0.1, 0.15) is 69.3 Å². The fourth-order valence-corrected chi connectivity index (χ4v) is 3.37. The van der Waals surface area contributed by atoms with E-state index in [1.165, 1.54) is 19.3 Å². The Morgan fingerprint density at radius 3 is 2.83 bits per heavy atom. The van der Waals surface area contributed by atoms with E-state index in [9.17, 15) is 0 Å². The van der Waals surface area contributed by atoms with Gasteiger partial charge >= 0.3 is 0 Å². The molecule has 2 aliphatic rings. The first-order chi connectivity index (χ1) is 10.8. The molecule has 2 heterocycles. The Labute approximate surface area is 144 Å². The molecular formula is C16H29ClN4O2. The zero-order chi connectivity index (χ0) is 15.4. The molecule has 0 spiro atoms. The zero-order valence-corrected chi connectivity index (χ0v) is 15.0. The molecule has 0 aromatic carbocycles. The number of nitrogens with one attached hydrogen (secondary N) is 1. The molecule has 6 nitrogen and oxygen atoms in total. The Morgan fingerprint density at radius 2 is 2.13 bits per heavy atom. The van der Waals surface area contributed by atoms with E-state index in [-0.39, 0.29) is 24.6 Å². The molecular weight excluding hydrogens is 316 g/mol. The summed E-state index contributed by atoms with van der Waals surface area (Å²) in [5.41, 5.74) is 0. The van der Waals surface area contributed by atoms with Crippen LogP contribution in [0.25, 0.3) is 0 Å². The fourth-order valence-electron chi connectivity index (χ4n) is 3.37. The van der Waals surface area contributed by atoms with Crippen molar-refractivity contribution in [3.63, 3.8) is 0 Å². The number of ether oxygens (including phenoxy) is 1. The molecule has 0 bridgehead atoms. The average molecular weight is 345 g/mol. The van der Waals surface area contributed by atoms with Crippen molar-refractivity contribution in [3.8, 4) is 0 Å². The molecule has 23 heavy (non-hydrogen) atoms. The average Bonchev–Trinajstić information content (AvgIpc) is 3.03. The highest BCUT2D eigenvalue weighted by atomic mass is 35.5. The number of nitrogens with zero attached hydrogens (tertiary/aromatic N) is 3. The van der Waals surface area contributed by atoms with E-state index in [2.05, 4.69) is 34.3 Å². The SMILES string of the molecule is CCC(OC1CCCCC1)c1nc(C2CNCCN2C)no1.Cl. The Bertz CT molecular complexity index is 465. The van der Waals surface area contributed by atoms with E-state index in [0.29, 0.717) is 12.0 Å². The molecule has 1 aromatic rings. The van der Waals surface area contributed by atoms with Gasteiger partial charge in [0, 0.05) is 19.6 Å². The van der Waals surface area contributed by atoms with Crippen LogP contribution in [-0.4, -0.2) is 47.8 Å². The van der Waals surface area contributed by atoms with Crippen molar-refractivity contribution in [2.45, 2.75) is 63.7 Å². The molecule has 1 aromatic heterocycles. The maximum absolute atomic E-state index is 6.23. The van der Waals surface area contributed by atoms with Crippen LogP contribution in [0.3, 0.4) is 0 Å². The second-order valence-electron chi connectivity index (χ2n) is 6.48. The number of rotatable bonds is 5. The first-order valence-electron chi connectivity index (χ1n) is 8.68. The molecule has 2 fully saturated rings. The van der Waals surface area contributed by atoms with Gasteiger partial charge in [-0.1, -0.05) is 31.3 Å². The number of hydrogen-bond donors (Lipinski definition) is 1. The lowest BCUT2D eigenvalue weighted by atomic mass is 9.97. The molecule has 0 amide bonds. The molecule has 1 N–H and O–H groups in total. The zero-order valence-electron chi connectivity index (χ0n) is 14.2. The van der Waals surface area contributed by atoms with Crippen molar-refractivity contribution in [1.82, 2.24) is 20.4 Å². The summed E-state index contributed by atoms with van der Waals surface area (Å²) in [6.45, 7) is 5.01.